The standard InChI is InChI=1S/C18H26FNO/c1-2-21-17-13-16(18(17)10-5-6-11-18)20-12-9-14-7-3-4-8-15(14)19/h3-4,7-8,16-17,20H,2,5-6,9-13H2,1H3. The fraction of sp³-hybridized carbons (Fsp3) is 0.667. The van der Waals surface area contributed by atoms with E-state index in [1.54, 1.807) is 12.1 Å². The summed E-state index contributed by atoms with van der Waals surface area (Å²) < 4.78 is 19.5. The second-order valence-corrected chi connectivity index (χ2v) is 6.47. The van der Waals surface area contributed by atoms with E-state index >= 15 is 0 Å². The van der Waals surface area contributed by atoms with Gasteiger partial charge >= 0.3 is 0 Å². The first-order chi connectivity index (χ1) is 10.3. The number of ether oxygens (including phenoxy) is 1. The van der Waals surface area contributed by atoms with Crippen molar-refractivity contribution in [2.45, 2.75) is 57.6 Å². The molecular formula is C18H26FNO. The lowest BCUT2D eigenvalue weighted by Crippen LogP contribution is -2.62. The quantitative estimate of drug-likeness (QED) is 0.863. The number of halogens is 1. The van der Waals surface area contributed by atoms with Crippen molar-refractivity contribution in [3.8, 4) is 0 Å². The minimum Gasteiger partial charge on any atom is -0.378 e. The van der Waals surface area contributed by atoms with Crippen LogP contribution in [0.4, 0.5) is 4.39 Å². The van der Waals surface area contributed by atoms with Crippen LogP contribution in [0.3, 0.4) is 0 Å². The molecule has 2 aliphatic rings. The number of hydrogen-bond acceptors (Lipinski definition) is 2. The Balaban J connectivity index is 1.53. The second-order valence-electron chi connectivity index (χ2n) is 6.47. The predicted molar refractivity (Wildman–Crippen MR) is 82.8 cm³/mol. The molecule has 116 valence electrons. The van der Waals surface area contributed by atoms with Crippen molar-refractivity contribution >= 4 is 0 Å². The highest BCUT2D eigenvalue weighted by atomic mass is 19.1. The molecule has 3 rings (SSSR count). The summed E-state index contributed by atoms with van der Waals surface area (Å²) >= 11 is 0. The molecule has 2 aliphatic carbocycles. The first-order valence-electron chi connectivity index (χ1n) is 8.34. The van der Waals surface area contributed by atoms with E-state index in [0.29, 0.717) is 17.6 Å². The third-order valence-electron chi connectivity index (χ3n) is 5.43. The van der Waals surface area contributed by atoms with Gasteiger partial charge in [-0.3, -0.25) is 0 Å². The maximum absolute atomic E-state index is 13.6. The molecule has 0 saturated heterocycles. The second kappa shape index (κ2) is 6.45. The summed E-state index contributed by atoms with van der Waals surface area (Å²) in [6, 6.07) is 7.64. The van der Waals surface area contributed by atoms with Crippen molar-refractivity contribution < 1.29 is 9.13 Å². The van der Waals surface area contributed by atoms with Gasteiger partial charge < -0.3 is 10.1 Å². The van der Waals surface area contributed by atoms with Crippen LogP contribution in [-0.2, 0) is 11.2 Å². The Kier molecular flexibility index (Phi) is 4.60. The van der Waals surface area contributed by atoms with Gasteiger partial charge in [0.05, 0.1) is 6.10 Å². The molecule has 1 aromatic carbocycles. The van der Waals surface area contributed by atoms with Crippen LogP contribution in [0.1, 0.15) is 44.6 Å². The van der Waals surface area contributed by atoms with Gasteiger partial charge in [-0.1, -0.05) is 31.0 Å². The summed E-state index contributed by atoms with van der Waals surface area (Å²) in [5.74, 6) is -0.0873. The normalized spacial score (nSPS) is 27.0. The summed E-state index contributed by atoms with van der Waals surface area (Å²) in [6.07, 6.45) is 7.55. The first kappa shape index (κ1) is 15.0. The molecule has 2 fully saturated rings. The lowest BCUT2D eigenvalue weighted by atomic mass is 9.60. The Hall–Kier alpha value is -0.930. The molecule has 0 amide bonds. The summed E-state index contributed by atoms with van der Waals surface area (Å²) in [5.41, 5.74) is 1.18. The SMILES string of the molecule is CCOC1CC(NCCc2ccccc2F)C12CCCC2. The smallest absolute Gasteiger partial charge is 0.126 e. The maximum atomic E-state index is 13.6. The van der Waals surface area contributed by atoms with Crippen LogP contribution in [-0.4, -0.2) is 25.3 Å². The summed E-state index contributed by atoms with van der Waals surface area (Å²) in [7, 11) is 0. The van der Waals surface area contributed by atoms with E-state index in [1.807, 2.05) is 12.1 Å². The minimum absolute atomic E-state index is 0.0873. The molecule has 2 nitrogen and oxygen atoms in total. The highest BCUT2D eigenvalue weighted by molar-refractivity contribution is 5.18. The van der Waals surface area contributed by atoms with Crippen LogP contribution in [0.15, 0.2) is 24.3 Å². The van der Waals surface area contributed by atoms with Crippen LogP contribution in [0, 0.1) is 11.2 Å². The summed E-state index contributed by atoms with van der Waals surface area (Å²) in [6.45, 7) is 3.75. The van der Waals surface area contributed by atoms with Crippen LogP contribution in [0.25, 0.3) is 0 Å². The van der Waals surface area contributed by atoms with E-state index in [0.717, 1.165) is 31.6 Å². The van der Waals surface area contributed by atoms with E-state index in [-0.39, 0.29) is 5.82 Å². The van der Waals surface area contributed by atoms with Crippen LogP contribution in [0.2, 0.25) is 0 Å². The Labute approximate surface area is 127 Å². The molecule has 2 atom stereocenters. The van der Waals surface area contributed by atoms with E-state index in [2.05, 4.69) is 12.2 Å². The van der Waals surface area contributed by atoms with Crippen LogP contribution >= 0.6 is 0 Å². The van der Waals surface area contributed by atoms with Gasteiger partial charge in [-0.05, 0) is 50.8 Å². The van der Waals surface area contributed by atoms with Gasteiger partial charge in [0.2, 0.25) is 0 Å². The van der Waals surface area contributed by atoms with Gasteiger partial charge in [-0.15, -0.1) is 0 Å². The zero-order chi connectivity index (χ0) is 14.7. The Morgan fingerprint density at radius 3 is 2.76 bits per heavy atom. The summed E-state index contributed by atoms with van der Waals surface area (Å²) in [4.78, 5) is 0. The maximum Gasteiger partial charge on any atom is 0.126 e. The van der Waals surface area contributed by atoms with Crippen LogP contribution in [0.5, 0.6) is 0 Å². The minimum atomic E-state index is -0.0873. The molecule has 1 aromatic rings. The molecule has 0 bridgehead atoms. The Morgan fingerprint density at radius 1 is 1.29 bits per heavy atom. The largest absolute Gasteiger partial charge is 0.378 e. The van der Waals surface area contributed by atoms with Crippen molar-refractivity contribution in [1.29, 1.82) is 0 Å². The van der Waals surface area contributed by atoms with E-state index in [1.165, 1.54) is 25.7 Å². The van der Waals surface area contributed by atoms with Crippen molar-refractivity contribution in [2.75, 3.05) is 13.2 Å². The molecular weight excluding hydrogens is 265 g/mol. The van der Waals surface area contributed by atoms with Gasteiger partial charge in [-0.2, -0.15) is 0 Å². The number of hydrogen-bond donors (Lipinski definition) is 1. The Morgan fingerprint density at radius 2 is 2.05 bits per heavy atom. The topological polar surface area (TPSA) is 21.3 Å². The average molecular weight is 291 g/mol. The van der Waals surface area contributed by atoms with Crippen molar-refractivity contribution in [1.82, 2.24) is 5.32 Å². The number of rotatable bonds is 6. The van der Waals surface area contributed by atoms with Crippen molar-refractivity contribution in [2.24, 2.45) is 5.41 Å². The summed E-state index contributed by atoms with van der Waals surface area (Å²) in [5, 5.41) is 3.67. The van der Waals surface area contributed by atoms with Gasteiger partial charge in [0.15, 0.2) is 0 Å². The zero-order valence-electron chi connectivity index (χ0n) is 12.9. The molecule has 21 heavy (non-hydrogen) atoms. The third-order valence-corrected chi connectivity index (χ3v) is 5.43. The lowest BCUT2D eigenvalue weighted by Gasteiger charge is -2.54. The fourth-order valence-corrected chi connectivity index (χ4v) is 4.26. The van der Waals surface area contributed by atoms with Gasteiger partial charge in [-0.25, -0.2) is 4.39 Å². The van der Waals surface area contributed by atoms with Gasteiger partial charge in [0.1, 0.15) is 5.82 Å². The van der Waals surface area contributed by atoms with Gasteiger partial charge in [0, 0.05) is 18.1 Å². The van der Waals surface area contributed by atoms with E-state index < -0.39 is 0 Å². The molecule has 0 aromatic heterocycles. The third kappa shape index (κ3) is 2.86. The molecule has 1 N–H and O–H groups in total. The monoisotopic (exact) mass is 291 g/mol. The lowest BCUT2D eigenvalue weighted by molar-refractivity contribution is -0.130. The van der Waals surface area contributed by atoms with E-state index in [9.17, 15) is 4.39 Å². The van der Waals surface area contributed by atoms with Crippen molar-refractivity contribution in [3.63, 3.8) is 0 Å². The van der Waals surface area contributed by atoms with Crippen LogP contribution < -0.4 is 5.32 Å². The highest BCUT2D eigenvalue weighted by Gasteiger charge is 2.56. The molecule has 2 saturated carbocycles. The average Bonchev–Trinajstić information content (AvgIpc) is 3.00. The fourth-order valence-electron chi connectivity index (χ4n) is 4.26. The van der Waals surface area contributed by atoms with E-state index in [4.69, 9.17) is 4.74 Å². The zero-order valence-corrected chi connectivity index (χ0v) is 12.9. The number of benzene rings is 1. The molecule has 1 spiro atoms. The molecule has 0 aliphatic heterocycles. The van der Waals surface area contributed by atoms with Gasteiger partial charge in [0.25, 0.3) is 0 Å². The predicted octanol–water partition coefficient (Wildman–Crippen LogP) is 3.70. The molecule has 0 radical (unpaired) electrons. The molecule has 3 heteroatoms. The molecule has 0 heterocycles. The first-order valence-corrected chi connectivity index (χ1v) is 8.34. The Bertz CT molecular complexity index is 470. The number of nitrogens with one attached hydrogen (secondary N) is 1. The highest BCUT2D eigenvalue weighted by Crippen LogP contribution is 2.54. The molecule has 2 unspecified atom stereocenters. The van der Waals surface area contributed by atoms with Crippen molar-refractivity contribution in [3.05, 3.63) is 35.6 Å².